The highest BCUT2D eigenvalue weighted by Crippen LogP contribution is 2.22. The zero-order chi connectivity index (χ0) is 16.1. The highest BCUT2D eigenvalue weighted by atomic mass is 35.5. The summed E-state index contributed by atoms with van der Waals surface area (Å²) in [6.45, 7) is 1.80. The Labute approximate surface area is 134 Å². The summed E-state index contributed by atoms with van der Waals surface area (Å²) >= 11 is 6.03. The Morgan fingerprint density at radius 2 is 2.05 bits per heavy atom. The second-order valence-corrected chi connectivity index (χ2v) is 5.36. The molecule has 0 radical (unpaired) electrons. The lowest BCUT2D eigenvalue weighted by Crippen LogP contribution is -2.28. The Morgan fingerprint density at radius 1 is 1.32 bits per heavy atom. The van der Waals surface area contributed by atoms with E-state index in [2.05, 4.69) is 5.32 Å². The number of ether oxygens (including phenoxy) is 1. The molecule has 5 heteroatoms. The number of carbonyl (C=O) groups is 1. The molecule has 0 aromatic heterocycles. The van der Waals surface area contributed by atoms with E-state index in [1.165, 1.54) is 13.2 Å². The Hall–Kier alpha value is -2.07. The van der Waals surface area contributed by atoms with Crippen LogP contribution in [0.3, 0.4) is 0 Å². The third kappa shape index (κ3) is 3.98. The first kappa shape index (κ1) is 16.3. The lowest BCUT2D eigenvalue weighted by atomic mass is 10.1. The van der Waals surface area contributed by atoms with E-state index in [0.29, 0.717) is 10.6 Å². The van der Waals surface area contributed by atoms with Crippen LogP contribution in [0.2, 0.25) is 5.02 Å². The van der Waals surface area contributed by atoms with Crippen molar-refractivity contribution in [1.29, 1.82) is 0 Å². The van der Waals surface area contributed by atoms with Gasteiger partial charge in [-0.2, -0.15) is 0 Å². The highest BCUT2D eigenvalue weighted by molar-refractivity contribution is 6.31. The third-order valence-electron chi connectivity index (χ3n) is 3.36. The normalized spacial score (nSPS) is 11.8. The van der Waals surface area contributed by atoms with Crippen LogP contribution in [0.4, 0.5) is 4.39 Å². The van der Waals surface area contributed by atoms with Crippen molar-refractivity contribution in [3.05, 3.63) is 64.4 Å². The Morgan fingerprint density at radius 3 is 2.68 bits per heavy atom. The molecule has 0 fully saturated rings. The first-order valence-corrected chi connectivity index (χ1v) is 7.25. The van der Waals surface area contributed by atoms with Crippen molar-refractivity contribution >= 4 is 17.5 Å². The number of amides is 1. The van der Waals surface area contributed by atoms with Gasteiger partial charge < -0.3 is 10.1 Å². The van der Waals surface area contributed by atoms with Crippen LogP contribution in [0.15, 0.2) is 42.5 Å². The second kappa shape index (κ2) is 7.27. The predicted octanol–water partition coefficient (Wildman–Crippen LogP) is 3.91. The molecule has 0 saturated heterocycles. The van der Waals surface area contributed by atoms with Gasteiger partial charge in [-0.3, -0.25) is 4.79 Å². The third-order valence-corrected chi connectivity index (χ3v) is 3.73. The van der Waals surface area contributed by atoms with Crippen LogP contribution in [-0.4, -0.2) is 13.0 Å². The van der Waals surface area contributed by atoms with Crippen LogP contribution in [0.5, 0.6) is 5.75 Å². The Bertz CT molecular complexity index is 675. The quantitative estimate of drug-likeness (QED) is 0.906. The van der Waals surface area contributed by atoms with Gasteiger partial charge in [-0.15, -0.1) is 0 Å². The fourth-order valence-electron chi connectivity index (χ4n) is 2.14. The van der Waals surface area contributed by atoms with E-state index in [4.69, 9.17) is 16.3 Å². The Kier molecular flexibility index (Phi) is 5.39. The molecule has 0 aliphatic heterocycles. The van der Waals surface area contributed by atoms with E-state index in [0.717, 1.165) is 5.56 Å². The highest BCUT2D eigenvalue weighted by Gasteiger charge is 2.13. The van der Waals surface area contributed by atoms with Crippen molar-refractivity contribution in [2.45, 2.75) is 19.4 Å². The molecule has 2 aromatic carbocycles. The molecule has 1 N–H and O–H groups in total. The summed E-state index contributed by atoms with van der Waals surface area (Å²) in [5, 5.41) is 3.39. The van der Waals surface area contributed by atoms with Crippen molar-refractivity contribution in [3.63, 3.8) is 0 Å². The first-order chi connectivity index (χ1) is 10.5. The molecule has 2 rings (SSSR count). The molecule has 2 aromatic rings. The van der Waals surface area contributed by atoms with Gasteiger partial charge >= 0.3 is 0 Å². The molecule has 1 unspecified atom stereocenters. The summed E-state index contributed by atoms with van der Waals surface area (Å²) < 4.78 is 18.6. The van der Waals surface area contributed by atoms with Gasteiger partial charge in [-0.1, -0.05) is 35.9 Å². The van der Waals surface area contributed by atoms with Gasteiger partial charge in [0.1, 0.15) is 0 Å². The molecule has 0 aliphatic carbocycles. The van der Waals surface area contributed by atoms with Gasteiger partial charge in [0.05, 0.1) is 19.6 Å². The first-order valence-electron chi connectivity index (χ1n) is 6.87. The maximum atomic E-state index is 13.7. The van der Waals surface area contributed by atoms with Crippen molar-refractivity contribution in [3.8, 4) is 5.75 Å². The molecule has 3 nitrogen and oxygen atoms in total. The summed E-state index contributed by atoms with van der Waals surface area (Å²) in [5.74, 6) is -0.442. The van der Waals surface area contributed by atoms with E-state index in [1.807, 2.05) is 12.1 Å². The van der Waals surface area contributed by atoms with Crippen molar-refractivity contribution < 1.29 is 13.9 Å². The fraction of sp³-hybridized carbons (Fsp3) is 0.235. The number of hydrogen-bond acceptors (Lipinski definition) is 2. The number of benzene rings is 2. The number of hydrogen-bond donors (Lipinski definition) is 1. The predicted molar refractivity (Wildman–Crippen MR) is 84.7 cm³/mol. The van der Waals surface area contributed by atoms with Crippen LogP contribution in [0.1, 0.15) is 24.1 Å². The topological polar surface area (TPSA) is 38.3 Å². The second-order valence-electron chi connectivity index (χ2n) is 4.95. The maximum absolute atomic E-state index is 13.7. The molecule has 116 valence electrons. The molecular formula is C17H17ClFNO2. The zero-order valence-electron chi connectivity index (χ0n) is 12.4. The number of rotatable bonds is 5. The standard InChI is InChI=1S/C17H17ClFNO2/c1-11(12-7-8-16(22-2)15(19)9-12)20-17(21)10-13-5-3-4-6-14(13)18/h3-9,11H,10H2,1-2H3,(H,20,21). The average Bonchev–Trinajstić information content (AvgIpc) is 2.49. The van der Waals surface area contributed by atoms with E-state index in [9.17, 15) is 9.18 Å². The lowest BCUT2D eigenvalue weighted by molar-refractivity contribution is -0.121. The van der Waals surface area contributed by atoms with Gasteiger partial charge in [0.25, 0.3) is 0 Å². The molecule has 1 amide bonds. The van der Waals surface area contributed by atoms with Crippen molar-refractivity contribution in [2.75, 3.05) is 7.11 Å². The van der Waals surface area contributed by atoms with Crippen LogP contribution < -0.4 is 10.1 Å². The number of nitrogens with one attached hydrogen (secondary N) is 1. The summed E-state index contributed by atoms with van der Waals surface area (Å²) in [6, 6.07) is 11.5. The smallest absolute Gasteiger partial charge is 0.224 e. The van der Waals surface area contributed by atoms with Gasteiger partial charge in [0.15, 0.2) is 11.6 Å². The fourth-order valence-corrected chi connectivity index (χ4v) is 2.35. The summed E-state index contributed by atoms with van der Waals surface area (Å²) in [5.41, 5.74) is 1.43. The van der Waals surface area contributed by atoms with E-state index < -0.39 is 5.82 Å². The monoisotopic (exact) mass is 321 g/mol. The minimum atomic E-state index is -0.452. The van der Waals surface area contributed by atoms with Gasteiger partial charge in [-0.05, 0) is 36.2 Å². The molecule has 0 spiro atoms. The SMILES string of the molecule is COc1ccc(C(C)NC(=O)Cc2ccccc2Cl)cc1F. The van der Waals surface area contributed by atoms with Crippen LogP contribution in [-0.2, 0) is 11.2 Å². The lowest BCUT2D eigenvalue weighted by Gasteiger charge is -2.15. The Balaban J connectivity index is 2.02. The number of halogens is 2. The van der Waals surface area contributed by atoms with Gasteiger partial charge in [0.2, 0.25) is 5.91 Å². The summed E-state index contributed by atoms with van der Waals surface area (Å²) in [6.07, 6.45) is 0.183. The molecular weight excluding hydrogens is 305 g/mol. The van der Waals surface area contributed by atoms with Crippen LogP contribution in [0, 0.1) is 5.82 Å². The number of methoxy groups -OCH3 is 1. The molecule has 0 saturated carbocycles. The van der Waals surface area contributed by atoms with Crippen molar-refractivity contribution in [1.82, 2.24) is 5.32 Å². The molecule has 1 atom stereocenters. The molecule has 0 aliphatic rings. The van der Waals surface area contributed by atoms with Crippen molar-refractivity contribution in [2.24, 2.45) is 0 Å². The largest absolute Gasteiger partial charge is 0.494 e. The summed E-state index contributed by atoms with van der Waals surface area (Å²) in [4.78, 5) is 12.1. The molecule has 0 bridgehead atoms. The molecule has 0 heterocycles. The van der Waals surface area contributed by atoms with E-state index >= 15 is 0 Å². The van der Waals surface area contributed by atoms with Crippen LogP contribution >= 0.6 is 11.6 Å². The van der Waals surface area contributed by atoms with Gasteiger partial charge in [-0.25, -0.2) is 4.39 Å². The maximum Gasteiger partial charge on any atom is 0.224 e. The average molecular weight is 322 g/mol. The van der Waals surface area contributed by atoms with E-state index in [1.54, 1.807) is 31.2 Å². The summed E-state index contributed by atoms with van der Waals surface area (Å²) in [7, 11) is 1.41. The van der Waals surface area contributed by atoms with Gasteiger partial charge in [0, 0.05) is 5.02 Å². The molecule has 22 heavy (non-hydrogen) atoms. The zero-order valence-corrected chi connectivity index (χ0v) is 13.2. The minimum Gasteiger partial charge on any atom is -0.494 e. The minimum absolute atomic E-state index is 0.170. The van der Waals surface area contributed by atoms with Crippen LogP contribution in [0.25, 0.3) is 0 Å². The number of carbonyl (C=O) groups excluding carboxylic acids is 1. The van der Waals surface area contributed by atoms with E-state index in [-0.39, 0.29) is 24.1 Å².